The fraction of sp³-hybridized carbons (Fsp3) is 0. The lowest BCUT2D eigenvalue weighted by molar-refractivity contribution is 0.0698. The third-order valence-electron chi connectivity index (χ3n) is 2.19. The predicted molar refractivity (Wildman–Crippen MR) is 65.1 cm³/mol. The van der Waals surface area contributed by atoms with E-state index in [1.165, 1.54) is 18.2 Å². The highest BCUT2D eigenvalue weighted by Gasteiger charge is 2.19. The van der Waals surface area contributed by atoms with Crippen LogP contribution in [-0.2, 0) is 0 Å². The number of aromatic carboxylic acids is 1. The van der Waals surface area contributed by atoms with E-state index in [0.29, 0.717) is 0 Å². The van der Waals surface area contributed by atoms with Crippen molar-refractivity contribution in [2.45, 2.75) is 0 Å². The zero-order valence-corrected chi connectivity index (χ0v) is 10.0. The monoisotopic (exact) mass is 282 g/mol. The number of carboxylic acids is 1. The second-order valence-corrected chi connectivity index (χ2v) is 3.88. The van der Waals surface area contributed by atoms with E-state index in [1.807, 2.05) is 0 Å². The van der Waals surface area contributed by atoms with Crippen LogP contribution in [0.1, 0.15) is 20.8 Å². The number of aromatic nitrogens is 2. The molecule has 0 aliphatic rings. The molecule has 0 atom stereocenters. The van der Waals surface area contributed by atoms with E-state index in [1.54, 1.807) is 0 Å². The van der Waals surface area contributed by atoms with E-state index in [4.69, 9.17) is 22.4 Å². The topological polar surface area (TPSA) is 131 Å². The van der Waals surface area contributed by atoms with Gasteiger partial charge in [0.15, 0.2) is 0 Å². The summed E-state index contributed by atoms with van der Waals surface area (Å²) in [5, 5.41) is 18.1. The van der Waals surface area contributed by atoms with Gasteiger partial charge in [-0.15, -0.1) is 0 Å². The molecule has 0 aliphatic heterocycles. The number of benzene rings is 1. The number of carbonyl (C=O) groups is 2. The summed E-state index contributed by atoms with van der Waals surface area (Å²) in [5.74, 6) is -2.15. The lowest BCUT2D eigenvalue weighted by Gasteiger charge is -2.07. The van der Waals surface area contributed by atoms with Gasteiger partial charge in [-0.2, -0.15) is 0 Å². The molecule has 1 aromatic heterocycles. The average molecular weight is 283 g/mol. The number of carboxylic acid groups (broad SMARTS) is 1. The first-order chi connectivity index (χ1) is 8.99. The van der Waals surface area contributed by atoms with E-state index in [2.05, 4.69) is 20.3 Å². The zero-order valence-electron chi connectivity index (χ0n) is 9.25. The molecule has 0 unspecified atom stereocenters. The third kappa shape index (κ3) is 2.63. The number of rotatable bonds is 3. The Balaban J connectivity index is 2.33. The molecule has 0 fully saturated rings. The van der Waals surface area contributed by atoms with Gasteiger partial charge >= 0.3 is 5.97 Å². The third-order valence-corrected chi connectivity index (χ3v) is 2.42. The van der Waals surface area contributed by atoms with Crippen molar-refractivity contribution in [1.29, 1.82) is 0 Å². The number of anilines is 2. The molecule has 1 aromatic carbocycles. The van der Waals surface area contributed by atoms with Crippen molar-refractivity contribution in [3.05, 3.63) is 34.5 Å². The maximum atomic E-state index is 11.8. The van der Waals surface area contributed by atoms with Gasteiger partial charge in [-0.25, -0.2) is 9.42 Å². The second-order valence-electron chi connectivity index (χ2n) is 3.45. The molecule has 0 aliphatic carbocycles. The Morgan fingerprint density at radius 2 is 2.11 bits per heavy atom. The molecule has 0 saturated heterocycles. The van der Waals surface area contributed by atoms with Gasteiger partial charge in [-0.1, -0.05) is 11.6 Å². The number of nitrogen functional groups attached to an aromatic ring is 1. The number of halogens is 1. The standard InChI is InChI=1S/C10H7ClN4O4/c11-4-1-2-5(10(17)18)6(3-4)13-9(16)7-8(12)15-19-14-7/h1-3H,(H2,12,15)(H,13,16)(H,17,18). The summed E-state index contributed by atoms with van der Waals surface area (Å²) >= 11 is 5.75. The lowest BCUT2D eigenvalue weighted by atomic mass is 10.1. The highest BCUT2D eigenvalue weighted by Crippen LogP contribution is 2.22. The van der Waals surface area contributed by atoms with E-state index in [0.717, 1.165) is 0 Å². The quantitative estimate of drug-likeness (QED) is 0.772. The van der Waals surface area contributed by atoms with Gasteiger partial charge < -0.3 is 16.2 Å². The molecule has 4 N–H and O–H groups in total. The Morgan fingerprint density at radius 3 is 2.68 bits per heavy atom. The molecule has 19 heavy (non-hydrogen) atoms. The van der Waals surface area contributed by atoms with Crippen LogP contribution in [-0.4, -0.2) is 27.3 Å². The zero-order chi connectivity index (χ0) is 14.0. The molecule has 0 spiro atoms. The van der Waals surface area contributed by atoms with Crippen molar-refractivity contribution in [1.82, 2.24) is 10.3 Å². The number of nitrogens with two attached hydrogens (primary N) is 1. The SMILES string of the molecule is Nc1nonc1C(=O)Nc1cc(Cl)ccc1C(=O)O. The van der Waals surface area contributed by atoms with Crippen molar-refractivity contribution < 1.29 is 19.3 Å². The van der Waals surface area contributed by atoms with E-state index in [9.17, 15) is 9.59 Å². The minimum absolute atomic E-state index is 0.0207. The van der Waals surface area contributed by atoms with Gasteiger partial charge in [-0.3, -0.25) is 4.79 Å². The van der Waals surface area contributed by atoms with Crippen LogP contribution in [0.15, 0.2) is 22.8 Å². The van der Waals surface area contributed by atoms with E-state index in [-0.39, 0.29) is 27.8 Å². The number of nitrogens with one attached hydrogen (secondary N) is 1. The van der Waals surface area contributed by atoms with Gasteiger partial charge in [0.25, 0.3) is 5.91 Å². The van der Waals surface area contributed by atoms with Crippen LogP contribution in [0.5, 0.6) is 0 Å². The smallest absolute Gasteiger partial charge is 0.337 e. The number of amides is 1. The van der Waals surface area contributed by atoms with Crippen molar-refractivity contribution in [3.63, 3.8) is 0 Å². The fourth-order valence-corrected chi connectivity index (χ4v) is 1.51. The predicted octanol–water partition coefficient (Wildman–Crippen LogP) is 1.26. The fourth-order valence-electron chi connectivity index (χ4n) is 1.34. The lowest BCUT2D eigenvalue weighted by Crippen LogP contribution is -2.16. The van der Waals surface area contributed by atoms with Gasteiger partial charge in [-0.05, 0) is 28.5 Å². The van der Waals surface area contributed by atoms with Crippen LogP contribution in [0.4, 0.5) is 11.5 Å². The Hall–Kier alpha value is -2.61. The number of hydrogen-bond donors (Lipinski definition) is 3. The Bertz CT molecular complexity index is 655. The molecule has 2 rings (SSSR count). The summed E-state index contributed by atoms with van der Waals surface area (Å²) < 4.78 is 4.28. The first-order valence-electron chi connectivity index (χ1n) is 4.91. The Labute approximate surface area is 111 Å². The van der Waals surface area contributed by atoms with Crippen LogP contribution in [0, 0.1) is 0 Å². The molecular formula is C10H7ClN4O4. The van der Waals surface area contributed by atoms with Crippen molar-refractivity contribution in [3.8, 4) is 0 Å². The number of nitrogens with zero attached hydrogens (tertiary/aromatic N) is 2. The molecule has 0 saturated carbocycles. The summed E-state index contributed by atoms with van der Waals surface area (Å²) in [5.41, 5.74) is 5.02. The van der Waals surface area contributed by atoms with Crippen LogP contribution < -0.4 is 11.1 Å². The van der Waals surface area contributed by atoms with E-state index < -0.39 is 11.9 Å². The number of carbonyl (C=O) groups excluding carboxylic acids is 1. The van der Waals surface area contributed by atoms with Crippen LogP contribution in [0.2, 0.25) is 5.02 Å². The maximum absolute atomic E-state index is 11.8. The van der Waals surface area contributed by atoms with Crippen molar-refractivity contribution >= 4 is 35.0 Å². The molecule has 98 valence electrons. The van der Waals surface area contributed by atoms with Crippen molar-refractivity contribution in [2.24, 2.45) is 0 Å². The summed E-state index contributed by atoms with van der Waals surface area (Å²) in [6.45, 7) is 0. The minimum Gasteiger partial charge on any atom is -0.478 e. The van der Waals surface area contributed by atoms with Gasteiger partial charge in [0, 0.05) is 5.02 Å². The minimum atomic E-state index is -1.21. The molecule has 0 bridgehead atoms. The first kappa shape index (κ1) is 12.8. The van der Waals surface area contributed by atoms with Crippen molar-refractivity contribution in [2.75, 3.05) is 11.1 Å². The largest absolute Gasteiger partial charge is 0.478 e. The van der Waals surface area contributed by atoms with Crippen LogP contribution in [0.3, 0.4) is 0 Å². The average Bonchev–Trinajstić information content (AvgIpc) is 2.75. The molecule has 8 nitrogen and oxygen atoms in total. The second kappa shape index (κ2) is 4.94. The molecule has 1 heterocycles. The molecule has 1 amide bonds. The molecule has 0 radical (unpaired) electrons. The highest BCUT2D eigenvalue weighted by atomic mass is 35.5. The summed E-state index contributed by atoms with van der Waals surface area (Å²) in [6.07, 6.45) is 0. The van der Waals surface area contributed by atoms with Gasteiger partial charge in [0.2, 0.25) is 11.5 Å². The normalized spacial score (nSPS) is 10.2. The Morgan fingerprint density at radius 1 is 1.37 bits per heavy atom. The maximum Gasteiger partial charge on any atom is 0.337 e. The summed E-state index contributed by atoms with van der Waals surface area (Å²) in [4.78, 5) is 22.8. The first-order valence-corrected chi connectivity index (χ1v) is 5.29. The molecule has 2 aromatic rings. The van der Waals surface area contributed by atoms with Gasteiger partial charge in [0.1, 0.15) is 0 Å². The molecular weight excluding hydrogens is 276 g/mol. The van der Waals surface area contributed by atoms with Gasteiger partial charge in [0.05, 0.1) is 11.3 Å². The summed E-state index contributed by atoms with van der Waals surface area (Å²) in [7, 11) is 0. The Kier molecular flexibility index (Phi) is 3.34. The molecule has 9 heteroatoms. The van der Waals surface area contributed by atoms with E-state index >= 15 is 0 Å². The highest BCUT2D eigenvalue weighted by molar-refractivity contribution is 6.31. The van der Waals surface area contributed by atoms with Crippen LogP contribution in [0.25, 0.3) is 0 Å². The summed E-state index contributed by atoms with van der Waals surface area (Å²) in [6, 6.07) is 3.96. The van der Waals surface area contributed by atoms with Crippen LogP contribution >= 0.6 is 11.6 Å². The number of hydrogen-bond acceptors (Lipinski definition) is 6.